The molecule has 0 fully saturated rings. The second-order valence-electron chi connectivity index (χ2n) is 5.93. The fraction of sp³-hybridized carbons (Fsp3) is 0.714. The van der Waals surface area contributed by atoms with Gasteiger partial charge in [-0.05, 0) is 12.8 Å². The van der Waals surface area contributed by atoms with Crippen LogP contribution in [0.1, 0.15) is 53.3 Å². The summed E-state index contributed by atoms with van der Waals surface area (Å²) in [6, 6.07) is 1.68. The molecule has 1 heterocycles. The maximum Gasteiger partial charge on any atom is 0.137 e. The van der Waals surface area contributed by atoms with Gasteiger partial charge in [0.1, 0.15) is 16.8 Å². The Morgan fingerprint density at radius 2 is 1.79 bits per heavy atom. The van der Waals surface area contributed by atoms with Crippen LogP contribution in [0.3, 0.4) is 0 Å². The standard InChI is InChI=1S/C14H24ClN3O/c1-6-14(19,7-2)9-16-11-8-10(15)17-12(18-11)13(3,4)5/h8,19H,6-7,9H2,1-5H3,(H,16,17,18). The first-order valence-corrected chi connectivity index (χ1v) is 7.09. The van der Waals surface area contributed by atoms with Crippen molar-refractivity contribution in [3.05, 3.63) is 17.0 Å². The van der Waals surface area contributed by atoms with Gasteiger partial charge in [0.25, 0.3) is 0 Å². The normalized spacial score (nSPS) is 12.6. The highest BCUT2D eigenvalue weighted by Crippen LogP contribution is 2.23. The first-order valence-electron chi connectivity index (χ1n) is 6.71. The van der Waals surface area contributed by atoms with E-state index < -0.39 is 5.60 Å². The number of nitrogens with one attached hydrogen (secondary N) is 1. The number of hydrogen-bond acceptors (Lipinski definition) is 4. The van der Waals surface area contributed by atoms with Crippen LogP contribution in [0.4, 0.5) is 5.82 Å². The summed E-state index contributed by atoms with van der Waals surface area (Å²) in [5.74, 6) is 1.35. The molecule has 0 atom stereocenters. The van der Waals surface area contributed by atoms with Gasteiger partial charge in [-0.15, -0.1) is 0 Å². The van der Waals surface area contributed by atoms with E-state index in [-0.39, 0.29) is 5.41 Å². The van der Waals surface area contributed by atoms with Crippen molar-refractivity contribution in [3.63, 3.8) is 0 Å². The quantitative estimate of drug-likeness (QED) is 0.814. The lowest BCUT2D eigenvalue weighted by atomic mass is 9.96. The first kappa shape index (κ1) is 16.2. The molecule has 19 heavy (non-hydrogen) atoms. The van der Waals surface area contributed by atoms with E-state index in [1.54, 1.807) is 6.07 Å². The van der Waals surface area contributed by atoms with Crippen LogP contribution in [0, 0.1) is 0 Å². The highest BCUT2D eigenvalue weighted by Gasteiger charge is 2.23. The van der Waals surface area contributed by atoms with Gasteiger partial charge in [0, 0.05) is 18.0 Å². The summed E-state index contributed by atoms with van der Waals surface area (Å²) >= 11 is 6.02. The second kappa shape index (κ2) is 6.06. The number of halogens is 1. The van der Waals surface area contributed by atoms with E-state index >= 15 is 0 Å². The van der Waals surface area contributed by atoms with Gasteiger partial charge in [0.15, 0.2) is 0 Å². The Balaban J connectivity index is 2.88. The Morgan fingerprint density at radius 1 is 1.21 bits per heavy atom. The Hall–Kier alpha value is -0.870. The van der Waals surface area contributed by atoms with E-state index in [4.69, 9.17) is 11.6 Å². The third-order valence-corrected chi connectivity index (χ3v) is 3.47. The van der Waals surface area contributed by atoms with Crippen molar-refractivity contribution >= 4 is 17.4 Å². The van der Waals surface area contributed by atoms with Crippen LogP contribution >= 0.6 is 11.6 Å². The Kier molecular flexibility index (Phi) is 5.16. The monoisotopic (exact) mass is 285 g/mol. The maximum atomic E-state index is 10.2. The molecule has 0 spiro atoms. The molecule has 0 bridgehead atoms. The highest BCUT2D eigenvalue weighted by atomic mass is 35.5. The molecule has 0 unspecified atom stereocenters. The minimum Gasteiger partial charge on any atom is -0.388 e. The van der Waals surface area contributed by atoms with Gasteiger partial charge in [-0.25, -0.2) is 9.97 Å². The topological polar surface area (TPSA) is 58.0 Å². The van der Waals surface area contributed by atoms with Crippen LogP contribution in [-0.2, 0) is 5.41 Å². The first-order chi connectivity index (χ1) is 8.70. The molecule has 0 amide bonds. The lowest BCUT2D eigenvalue weighted by Crippen LogP contribution is -2.35. The molecule has 0 aliphatic carbocycles. The molecule has 0 saturated carbocycles. The van der Waals surface area contributed by atoms with Gasteiger partial charge in [0.05, 0.1) is 5.60 Å². The van der Waals surface area contributed by atoms with Gasteiger partial charge >= 0.3 is 0 Å². The third-order valence-electron chi connectivity index (χ3n) is 3.28. The molecule has 108 valence electrons. The van der Waals surface area contributed by atoms with Gasteiger partial charge < -0.3 is 10.4 Å². The summed E-state index contributed by atoms with van der Waals surface area (Å²) in [6.45, 7) is 10.5. The number of hydrogen-bond donors (Lipinski definition) is 2. The SMILES string of the molecule is CCC(O)(CC)CNc1cc(Cl)nc(C(C)(C)C)n1. The van der Waals surface area contributed by atoms with Crippen LogP contribution in [0.15, 0.2) is 6.07 Å². The van der Waals surface area contributed by atoms with Gasteiger partial charge in [-0.2, -0.15) is 0 Å². The van der Waals surface area contributed by atoms with E-state index in [9.17, 15) is 5.11 Å². The largest absolute Gasteiger partial charge is 0.388 e. The van der Waals surface area contributed by atoms with Crippen molar-refractivity contribution in [3.8, 4) is 0 Å². The molecule has 1 aromatic heterocycles. The average Bonchev–Trinajstić information content (AvgIpc) is 2.34. The summed E-state index contributed by atoms with van der Waals surface area (Å²) in [4.78, 5) is 8.70. The van der Waals surface area contributed by atoms with Crippen molar-refractivity contribution in [1.82, 2.24) is 9.97 Å². The predicted octanol–water partition coefficient (Wildman–Crippen LogP) is 3.39. The smallest absolute Gasteiger partial charge is 0.137 e. The second-order valence-corrected chi connectivity index (χ2v) is 6.32. The van der Waals surface area contributed by atoms with E-state index in [1.807, 2.05) is 34.6 Å². The van der Waals surface area contributed by atoms with E-state index in [2.05, 4.69) is 15.3 Å². The van der Waals surface area contributed by atoms with Crippen LogP contribution in [0.5, 0.6) is 0 Å². The van der Waals surface area contributed by atoms with Crippen molar-refractivity contribution in [2.45, 2.75) is 58.5 Å². The predicted molar refractivity (Wildman–Crippen MR) is 79.8 cm³/mol. The lowest BCUT2D eigenvalue weighted by molar-refractivity contribution is 0.0456. The van der Waals surface area contributed by atoms with E-state index in [0.29, 0.717) is 36.2 Å². The molecule has 4 nitrogen and oxygen atoms in total. The number of rotatable bonds is 5. The zero-order valence-corrected chi connectivity index (χ0v) is 13.2. The van der Waals surface area contributed by atoms with Crippen molar-refractivity contribution < 1.29 is 5.11 Å². The Labute approximate surface area is 120 Å². The summed E-state index contributed by atoms with van der Waals surface area (Å²) in [5.41, 5.74) is -0.869. The number of nitrogens with zero attached hydrogens (tertiary/aromatic N) is 2. The molecule has 2 N–H and O–H groups in total. The fourth-order valence-corrected chi connectivity index (χ4v) is 1.78. The molecule has 1 rings (SSSR count). The molecular formula is C14H24ClN3O. The zero-order valence-electron chi connectivity index (χ0n) is 12.4. The van der Waals surface area contributed by atoms with Crippen molar-refractivity contribution in [1.29, 1.82) is 0 Å². The number of anilines is 1. The molecule has 5 heteroatoms. The molecule has 0 aliphatic heterocycles. The number of aliphatic hydroxyl groups is 1. The maximum absolute atomic E-state index is 10.2. The lowest BCUT2D eigenvalue weighted by Gasteiger charge is -2.26. The molecule has 0 aromatic carbocycles. The Bertz CT molecular complexity index is 425. The molecule has 1 aromatic rings. The minimum atomic E-state index is -0.709. The third kappa shape index (κ3) is 4.62. The molecule has 0 radical (unpaired) electrons. The van der Waals surface area contributed by atoms with Crippen LogP contribution < -0.4 is 5.32 Å². The van der Waals surface area contributed by atoms with Gasteiger partial charge in [-0.1, -0.05) is 46.2 Å². The van der Waals surface area contributed by atoms with E-state index in [0.717, 1.165) is 0 Å². The summed E-state index contributed by atoms with van der Waals surface area (Å²) < 4.78 is 0. The van der Waals surface area contributed by atoms with Crippen LogP contribution in [0.25, 0.3) is 0 Å². The molecule has 0 aliphatic rings. The van der Waals surface area contributed by atoms with Crippen molar-refractivity contribution in [2.75, 3.05) is 11.9 Å². The minimum absolute atomic E-state index is 0.160. The molecule has 0 saturated heterocycles. The summed E-state index contributed by atoms with van der Waals surface area (Å²) in [6.07, 6.45) is 1.39. The van der Waals surface area contributed by atoms with Gasteiger partial charge in [0.2, 0.25) is 0 Å². The Morgan fingerprint density at radius 3 is 2.26 bits per heavy atom. The average molecular weight is 286 g/mol. The molecular weight excluding hydrogens is 262 g/mol. The van der Waals surface area contributed by atoms with Crippen LogP contribution in [-0.4, -0.2) is 27.2 Å². The summed E-state index contributed by atoms with van der Waals surface area (Å²) in [5, 5.41) is 13.8. The zero-order chi connectivity index (χ0) is 14.7. The van der Waals surface area contributed by atoms with E-state index in [1.165, 1.54) is 0 Å². The van der Waals surface area contributed by atoms with Crippen LogP contribution in [0.2, 0.25) is 5.15 Å². The number of aromatic nitrogens is 2. The fourth-order valence-electron chi connectivity index (χ4n) is 1.60. The van der Waals surface area contributed by atoms with Gasteiger partial charge in [-0.3, -0.25) is 0 Å². The summed E-state index contributed by atoms with van der Waals surface area (Å²) in [7, 11) is 0. The van der Waals surface area contributed by atoms with Crippen molar-refractivity contribution in [2.24, 2.45) is 0 Å². The highest BCUT2D eigenvalue weighted by molar-refractivity contribution is 6.29.